The van der Waals surface area contributed by atoms with Crippen molar-refractivity contribution in [3.8, 4) is 5.75 Å². The zero-order valence-electron chi connectivity index (χ0n) is 17.8. The van der Waals surface area contributed by atoms with Crippen molar-refractivity contribution >= 4 is 5.91 Å². The van der Waals surface area contributed by atoms with E-state index in [0.29, 0.717) is 18.5 Å². The first kappa shape index (κ1) is 18.2. The largest absolute Gasteiger partial charge is 0.497 e. The van der Waals surface area contributed by atoms with Crippen molar-refractivity contribution in [3.05, 3.63) is 65.2 Å². The Bertz CT molecular complexity index is 1070. The van der Waals surface area contributed by atoms with Crippen LogP contribution < -0.4 is 10.1 Å². The summed E-state index contributed by atoms with van der Waals surface area (Å²) in [4.78, 5) is 15.6. The third-order valence-electron chi connectivity index (χ3n) is 9.07. The van der Waals surface area contributed by atoms with Crippen molar-refractivity contribution in [1.82, 2.24) is 10.2 Å². The van der Waals surface area contributed by atoms with Gasteiger partial charge in [0.05, 0.1) is 18.8 Å². The Hall–Kier alpha value is -2.37. The van der Waals surface area contributed by atoms with E-state index in [0.717, 1.165) is 43.5 Å². The van der Waals surface area contributed by atoms with Crippen molar-refractivity contribution in [2.24, 2.45) is 5.92 Å². The lowest BCUT2D eigenvalue weighted by atomic mass is 9.47. The highest BCUT2D eigenvalue weighted by atomic mass is 16.5. The number of methoxy groups -OCH3 is 1. The van der Waals surface area contributed by atoms with E-state index >= 15 is 0 Å². The molecule has 3 heterocycles. The monoisotopic (exact) mass is 416 g/mol. The molecule has 6 atom stereocenters. The van der Waals surface area contributed by atoms with Gasteiger partial charge in [0.1, 0.15) is 5.75 Å². The zero-order chi connectivity index (χ0) is 20.8. The summed E-state index contributed by atoms with van der Waals surface area (Å²) in [5, 5.41) is 3.81. The van der Waals surface area contributed by atoms with Crippen LogP contribution in [-0.4, -0.2) is 54.8 Å². The highest BCUT2D eigenvalue weighted by molar-refractivity contribution is 5.94. The molecule has 0 spiro atoms. The molecule has 0 unspecified atom stereocenters. The Morgan fingerprint density at radius 2 is 2.06 bits per heavy atom. The second kappa shape index (κ2) is 6.11. The number of hydrogen-bond acceptors (Lipinski definition) is 4. The summed E-state index contributed by atoms with van der Waals surface area (Å²) in [6, 6.07) is 17.0. The zero-order valence-corrected chi connectivity index (χ0v) is 17.8. The summed E-state index contributed by atoms with van der Waals surface area (Å²) in [7, 11) is 1.75. The second-order valence-corrected chi connectivity index (χ2v) is 9.96. The molecule has 7 rings (SSSR count). The number of amides is 1. The van der Waals surface area contributed by atoms with E-state index in [9.17, 15) is 4.79 Å². The van der Waals surface area contributed by atoms with E-state index in [-0.39, 0.29) is 29.1 Å². The molecule has 31 heavy (non-hydrogen) atoms. The van der Waals surface area contributed by atoms with Crippen LogP contribution in [0, 0.1) is 5.92 Å². The molecule has 5 aliphatic rings. The van der Waals surface area contributed by atoms with Crippen molar-refractivity contribution in [1.29, 1.82) is 0 Å². The predicted octanol–water partition coefficient (Wildman–Crippen LogP) is 2.92. The number of fused-ring (bicyclic) bond motifs is 1. The first-order valence-corrected chi connectivity index (χ1v) is 11.6. The molecule has 0 radical (unpaired) electrons. The summed E-state index contributed by atoms with van der Waals surface area (Å²) >= 11 is 0. The van der Waals surface area contributed by atoms with Crippen molar-refractivity contribution < 1.29 is 14.3 Å². The second-order valence-electron chi connectivity index (χ2n) is 9.96. The summed E-state index contributed by atoms with van der Waals surface area (Å²) in [6.45, 7) is 1.72. The van der Waals surface area contributed by atoms with Gasteiger partial charge < -0.3 is 19.7 Å². The Balaban J connectivity index is 1.37. The van der Waals surface area contributed by atoms with Crippen molar-refractivity contribution in [2.75, 3.05) is 20.2 Å². The lowest BCUT2D eigenvalue weighted by molar-refractivity contribution is -0.134. The lowest BCUT2D eigenvalue weighted by Crippen LogP contribution is -2.73. The minimum atomic E-state index is -0.154. The van der Waals surface area contributed by atoms with Gasteiger partial charge >= 0.3 is 0 Å². The smallest absolute Gasteiger partial charge is 0.254 e. The van der Waals surface area contributed by atoms with Crippen LogP contribution in [0.3, 0.4) is 0 Å². The molecule has 2 aliphatic carbocycles. The minimum absolute atomic E-state index is 0.0374. The molecule has 1 amide bonds. The molecule has 4 bridgehead atoms. The van der Waals surface area contributed by atoms with Gasteiger partial charge in [-0.2, -0.15) is 0 Å². The quantitative estimate of drug-likeness (QED) is 0.818. The van der Waals surface area contributed by atoms with E-state index in [1.54, 1.807) is 7.11 Å². The van der Waals surface area contributed by atoms with Crippen LogP contribution in [0.2, 0.25) is 0 Å². The average Bonchev–Trinajstić information content (AvgIpc) is 3.25. The Morgan fingerprint density at radius 3 is 2.90 bits per heavy atom. The maximum atomic E-state index is 13.5. The predicted molar refractivity (Wildman–Crippen MR) is 116 cm³/mol. The number of ether oxygens (including phenoxy) is 2. The first-order chi connectivity index (χ1) is 15.2. The molecular formula is C26H28N2O3. The highest BCUT2D eigenvalue weighted by Crippen LogP contribution is 2.68. The van der Waals surface area contributed by atoms with Crippen LogP contribution in [-0.2, 0) is 16.6 Å². The van der Waals surface area contributed by atoms with Gasteiger partial charge in [0.15, 0.2) is 0 Å². The minimum Gasteiger partial charge on any atom is -0.497 e. The van der Waals surface area contributed by atoms with Crippen LogP contribution in [0.4, 0.5) is 0 Å². The molecule has 3 aliphatic heterocycles. The van der Waals surface area contributed by atoms with Gasteiger partial charge in [0, 0.05) is 35.5 Å². The molecule has 160 valence electrons. The summed E-state index contributed by atoms with van der Waals surface area (Å²) in [5.74, 6) is 1.43. The molecule has 0 aromatic heterocycles. The fourth-order valence-corrected chi connectivity index (χ4v) is 8.09. The first-order valence-electron chi connectivity index (χ1n) is 11.6. The average molecular weight is 417 g/mol. The molecule has 5 heteroatoms. The number of piperidine rings is 1. The van der Waals surface area contributed by atoms with Crippen molar-refractivity contribution in [3.63, 3.8) is 0 Å². The number of carbonyl (C=O) groups excluding carboxylic acids is 1. The molecule has 5 nitrogen and oxygen atoms in total. The summed E-state index contributed by atoms with van der Waals surface area (Å²) in [6.07, 6.45) is 4.23. The van der Waals surface area contributed by atoms with Gasteiger partial charge in [-0.3, -0.25) is 4.79 Å². The highest BCUT2D eigenvalue weighted by Gasteiger charge is 2.77. The number of rotatable bonds is 2. The Morgan fingerprint density at radius 1 is 1.19 bits per heavy atom. The van der Waals surface area contributed by atoms with Gasteiger partial charge in [0.2, 0.25) is 0 Å². The number of carbonyl (C=O) groups is 1. The van der Waals surface area contributed by atoms with E-state index in [1.165, 1.54) is 11.1 Å². The topological polar surface area (TPSA) is 50.8 Å². The van der Waals surface area contributed by atoms with Gasteiger partial charge in [-0.15, -0.1) is 0 Å². The van der Waals surface area contributed by atoms with Gasteiger partial charge in [0.25, 0.3) is 5.91 Å². The van der Waals surface area contributed by atoms with E-state index in [4.69, 9.17) is 9.47 Å². The summed E-state index contributed by atoms with van der Waals surface area (Å²) in [5.41, 5.74) is 3.44. The fourth-order valence-electron chi connectivity index (χ4n) is 8.09. The van der Waals surface area contributed by atoms with Crippen LogP contribution in [0.1, 0.15) is 40.7 Å². The van der Waals surface area contributed by atoms with E-state index < -0.39 is 0 Å². The number of nitrogens with one attached hydrogen (secondary N) is 1. The number of hydrogen-bond donors (Lipinski definition) is 1. The maximum absolute atomic E-state index is 13.5. The fraction of sp³-hybridized carbons (Fsp3) is 0.500. The molecule has 4 fully saturated rings. The van der Waals surface area contributed by atoms with Crippen LogP contribution in [0.15, 0.2) is 48.5 Å². The number of likely N-dealkylation sites (tertiary alicyclic amines) is 1. The summed E-state index contributed by atoms with van der Waals surface area (Å²) < 4.78 is 12.7. The van der Waals surface area contributed by atoms with Crippen LogP contribution in [0.5, 0.6) is 5.75 Å². The normalized spacial score (nSPS) is 39.1. The maximum Gasteiger partial charge on any atom is 0.254 e. The SMILES string of the molecule is COc1ccc2c(c1)[C@]13CCN[C@H](C2)[C@]12CC[C@@H]1[C@H]3[C@@H](CN1C(=O)c1ccccc1)O2. The molecule has 2 aromatic carbocycles. The number of nitrogens with zero attached hydrogens (tertiary/aromatic N) is 1. The molecule has 1 saturated carbocycles. The van der Waals surface area contributed by atoms with Crippen LogP contribution in [0.25, 0.3) is 0 Å². The van der Waals surface area contributed by atoms with E-state index in [2.05, 4.69) is 28.4 Å². The lowest BCUT2D eigenvalue weighted by Gasteiger charge is -2.62. The van der Waals surface area contributed by atoms with Crippen LogP contribution >= 0.6 is 0 Å². The third kappa shape index (κ3) is 2.07. The standard InChI is InChI=1S/C26H28N2O3/c1-30-18-8-7-17-13-22-26-10-9-20-23(25(26,11-12-27-22)19(17)14-18)21(31-26)15-28(20)24(29)16-5-3-2-4-6-16/h2-8,14,20-23,27H,9-13,15H2,1H3/t20-,21-,22-,23+,25+,26-/m1/s1. The Labute approximate surface area is 182 Å². The number of benzene rings is 2. The molecule has 1 N–H and O–H groups in total. The molecule has 2 aromatic rings. The van der Waals surface area contributed by atoms with E-state index in [1.807, 2.05) is 30.3 Å². The van der Waals surface area contributed by atoms with Crippen molar-refractivity contribution in [2.45, 2.75) is 54.9 Å². The molecular weight excluding hydrogens is 388 g/mol. The third-order valence-corrected chi connectivity index (χ3v) is 9.07. The van der Waals surface area contributed by atoms with Gasteiger partial charge in [-0.25, -0.2) is 0 Å². The Kier molecular flexibility index (Phi) is 3.59. The van der Waals surface area contributed by atoms with Gasteiger partial charge in [-0.05, 0) is 67.6 Å². The van der Waals surface area contributed by atoms with Gasteiger partial charge in [-0.1, -0.05) is 24.3 Å². The molecule has 3 saturated heterocycles.